The maximum absolute atomic E-state index is 12.8. The van der Waals surface area contributed by atoms with Crippen molar-refractivity contribution in [1.29, 1.82) is 0 Å². The fourth-order valence-corrected chi connectivity index (χ4v) is 4.13. The van der Waals surface area contributed by atoms with Crippen molar-refractivity contribution in [2.45, 2.75) is 18.7 Å². The van der Waals surface area contributed by atoms with Crippen LogP contribution < -0.4 is 9.46 Å². The molecule has 0 unspecified atom stereocenters. The Labute approximate surface area is 157 Å². The molecule has 3 aromatic rings. The molecule has 0 fully saturated rings. The number of carbonyl (C=O) groups is 1. The largest absolute Gasteiger partial charge is 0.495 e. The summed E-state index contributed by atoms with van der Waals surface area (Å²) < 4.78 is 38.2. The normalized spacial score (nSPS) is 11.2. The third kappa shape index (κ3) is 3.70. The number of hydrogen-bond donors (Lipinski definition) is 1. The molecular formula is C19H18N2O5S. The molecule has 1 N–H and O–H groups in total. The van der Waals surface area contributed by atoms with Crippen molar-refractivity contribution in [2.24, 2.45) is 0 Å². The maximum Gasteiger partial charge on any atom is 0.267 e. The summed E-state index contributed by atoms with van der Waals surface area (Å²) in [4.78, 5) is 12.6. The molecule has 2 aromatic carbocycles. The van der Waals surface area contributed by atoms with Crippen LogP contribution in [0.5, 0.6) is 5.75 Å². The number of ketones is 1. The highest BCUT2D eigenvalue weighted by Crippen LogP contribution is 2.30. The van der Waals surface area contributed by atoms with Gasteiger partial charge in [0, 0.05) is 11.1 Å². The van der Waals surface area contributed by atoms with E-state index in [2.05, 4.69) is 9.88 Å². The molecule has 0 aliphatic carbocycles. The SMILES string of the molecule is COc1ccc(C(=O)c2ccccc2)cc1NS(=O)(=O)c1c(C)noc1C. The van der Waals surface area contributed by atoms with Gasteiger partial charge in [-0.25, -0.2) is 8.42 Å². The molecule has 0 saturated heterocycles. The molecule has 0 aliphatic rings. The van der Waals surface area contributed by atoms with E-state index in [0.717, 1.165) is 0 Å². The lowest BCUT2D eigenvalue weighted by Gasteiger charge is -2.13. The van der Waals surface area contributed by atoms with Crippen molar-refractivity contribution in [3.05, 3.63) is 71.1 Å². The van der Waals surface area contributed by atoms with Crippen LogP contribution in [-0.2, 0) is 10.0 Å². The fourth-order valence-electron chi connectivity index (χ4n) is 2.74. The van der Waals surface area contributed by atoms with Gasteiger partial charge in [0.05, 0.1) is 12.8 Å². The van der Waals surface area contributed by atoms with Crippen LogP contribution in [-0.4, -0.2) is 26.5 Å². The number of benzene rings is 2. The Morgan fingerprint density at radius 2 is 1.78 bits per heavy atom. The Hall–Kier alpha value is -3.13. The van der Waals surface area contributed by atoms with Crippen molar-refractivity contribution in [1.82, 2.24) is 5.16 Å². The minimum atomic E-state index is -3.97. The topological polar surface area (TPSA) is 98.5 Å². The van der Waals surface area contributed by atoms with Gasteiger partial charge in [-0.05, 0) is 32.0 Å². The Balaban J connectivity index is 2.01. The average Bonchev–Trinajstić information content (AvgIpc) is 3.00. The summed E-state index contributed by atoms with van der Waals surface area (Å²) in [5, 5.41) is 3.67. The third-order valence-electron chi connectivity index (χ3n) is 3.98. The highest BCUT2D eigenvalue weighted by Gasteiger charge is 2.26. The molecular weight excluding hydrogens is 368 g/mol. The second kappa shape index (κ2) is 7.24. The van der Waals surface area contributed by atoms with Crippen molar-refractivity contribution in [2.75, 3.05) is 11.8 Å². The second-order valence-corrected chi connectivity index (χ2v) is 7.49. The van der Waals surface area contributed by atoms with E-state index in [-0.39, 0.29) is 33.6 Å². The fraction of sp³-hybridized carbons (Fsp3) is 0.158. The molecule has 0 aliphatic heterocycles. The lowest BCUT2D eigenvalue weighted by atomic mass is 10.0. The van der Waals surface area contributed by atoms with Gasteiger partial charge in [-0.1, -0.05) is 35.5 Å². The zero-order valence-corrected chi connectivity index (χ0v) is 15.8. The first-order valence-electron chi connectivity index (χ1n) is 8.07. The van der Waals surface area contributed by atoms with Crippen LogP contribution >= 0.6 is 0 Å². The minimum absolute atomic E-state index is 0.0376. The summed E-state index contributed by atoms with van der Waals surface area (Å²) in [5.41, 5.74) is 1.23. The highest BCUT2D eigenvalue weighted by molar-refractivity contribution is 7.92. The zero-order chi connectivity index (χ0) is 19.6. The average molecular weight is 386 g/mol. The van der Waals surface area contributed by atoms with Gasteiger partial charge >= 0.3 is 0 Å². The molecule has 0 atom stereocenters. The number of methoxy groups -OCH3 is 1. The van der Waals surface area contributed by atoms with E-state index in [4.69, 9.17) is 9.26 Å². The Morgan fingerprint density at radius 1 is 1.07 bits per heavy atom. The van der Waals surface area contributed by atoms with E-state index in [1.54, 1.807) is 36.4 Å². The first kappa shape index (κ1) is 18.7. The van der Waals surface area contributed by atoms with Crippen LogP contribution in [0.4, 0.5) is 5.69 Å². The number of sulfonamides is 1. The second-order valence-electron chi connectivity index (χ2n) is 5.87. The number of ether oxygens (including phenoxy) is 1. The quantitative estimate of drug-likeness (QED) is 0.653. The van der Waals surface area contributed by atoms with Gasteiger partial charge in [0.2, 0.25) is 0 Å². The predicted molar refractivity (Wildman–Crippen MR) is 99.7 cm³/mol. The number of nitrogens with one attached hydrogen (secondary N) is 1. The number of aryl methyl sites for hydroxylation is 2. The summed E-state index contributed by atoms with van der Waals surface area (Å²) in [6.45, 7) is 3.05. The van der Waals surface area contributed by atoms with Gasteiger partial charge in [0.15, 0.2) is 16.4 Å². The lowest BCUT2D eigenvalue weighted by molar-refractivity contribution is 0.103. The summed E-state index contributed by atoms with van der Waals surface area (Å²) >= 11 is 0. The third-order valence-corrected chi connectivity index (χ3v) is 5.59. The molecule has 1 aromatic heterocycles. The first-order valence-corrected chi connectivity index (χ1v) is 9.55. The highest BCUT2D eigenvalue weighted by atomic mass is 32.2. The molecule has 8 heteroatoms. The zero-order valence-electron chi connectivity index (χ0n) is 15.0. The van der Waals surface area contributed by atoms with Crippen molar-refractivity contribution >= 4 is 21.5 Å². The smallest absolute Gasteiger partial charge is 0.267 e. The molecule has 0 amide bonds. The molecule has 0 bridgehead atoms. The Bertz CT molecular complexity index is 1070. The van der Waals surface area contributed by atoms with Crippen molar-refractivity contribution in [3.8, 4) is 5.75 Å². The summed E-state index contributed by atoms with van der Waals surface area (Å²) in [6.07, 6.45) is 0. The number of rotatable bonds is 6. The van der Waals surface area contributed by atoms with Crippen LogP contribution in [0.1, 0.15) is 27.4 Å². The van der Waals surface area contributed by atoms with E-state index in [9.17, 15) is 13.2 Å². The number of carbonyl (C=O) groups excluding carboxylic acids is 1. The molecule has 0 radical (unpaired) electrons. The molecule has 3 rings (SSSR count). The first-order chi connectivity index (χ1) is 12.8. The van der Waals surface area contributed by atoms with Crippen LogP contribution in [0.25, 0.3) is 0 Å². The van der Waals surface area contributed by atoms with Crippen LogP contribution in [0.2, 0.25) is 0 Å². The number of aromatic nitrogens is 1. The van der Waals surface area contributed by atoms with E-state index < -0.39 is 10.0 Å². The summed E-state index contributed by atoms with van der Waals surface area (Å²) in [5.74, 6) is 0.237. The summed E-state index contributed by atoms with van der Waals surface area (Å²) in [7, 11) is -2.55. The monoisotopic (exact) mass is 386 g/mol. The number of nitrogens with zero attached hydrogens (tertiary/aromatic N) is 1. The molecule has 1 heterocycles. The Kier molecular flexibility index (Phi) is 5.00. The van der Waals surface area contributed by atoms with Gasteiger partial charge in [-0.2, -0.15) is 0 Å². The maximum atomic E-state index is 12.8. The van der Waals surface area contributed by atoms with E-state index in [1.807, 2.05) is 6.07 Å². The van der Waals surface area contributed by atoms with Crippen molar-refractivity contribution in [3.63, 3.8) is 0 Å². The van der Waals surface area contributed by atoms with Gasteiger partial charge in [-0.3, -0.25) is 9.52 Å². The summed E-state index contributed by atoms with van der Waals surface area (Å²) in [6, 6.07) is 13.3. The van der Waals surface area contributed by atoms with Gasteiger partial charge < -0.3 is 9.26 Å². The van der Waals surface area contributed by atoms with Gasteiger partial charge in [0.25, 0.3) is 10.0 Å². The standard InChI is InChI=1S/C19H18N2O5S/c1-12-19(13(2)26-20-12)27(23,24)21-16-11-15(9-10-17(16)25-3)18(22)14-7-5-4-6-8-14/h4-11,21H,1-3H3. The molecule has 140 valence electrons. The molecule has 0 saturated carbocycles. The molecule has 27 heavy (non-hydrogen) atoms. The van der Waals surface area contributed by atoms with E-state index >= 15 is 0 Å². The molecule has 7 nitrogen and oxygen atoms in total. The van der Waals surface area contributed by atoms with Gasteiger partial charge in [0.1, 0.15) is 11.4 Å². The van der Waals surface area contributed by atoms with Crippen LogP contribution in [0.15, 0.2) is 57.9 Å². The van der Waals surface area contributed by atoms with Crippen LogP contribution in [0, 0.1) is 13.8 Å². The predicted octanol–water partition coefficient (Wildman–Crippen LogP) is 3.33. The van der Waals surface area contributed by atoms with E-state index in [1.165, 1.54) is 27.0 Å². The minimum Gasteiger partial charge on any atom is -0.495 e. The number of anilines is 1. The Morgan fingerprint density at radius 3 is 2.37 bits per heavy atom. The van der Waals surface area contributed by atoms with Gasteiger partial charge in [-0.15, -0.1) is 0 Å². The van der Waals surface area contributed by atoms with E-state index in [0.29, 0.717) is 11.1 Å². The number of hydrogen-bond acceptors (Lipinski definition) is 6. The lowest BCUT2D eigenvalue weighted by Crippen LogP contribution is -2.15. The molecule has 0 spiro atoms. The van der Waals surface area contributed by atoms with Crippen LogP contribution in [0.3, 0.4) is 0 Å². The van der Waals surface area contributed by atoms with Crippen molar-refractivity contribution < 1.29 is 22.5 Å².